The zero-order valence-corrected chi connectivity index (χ0v) is 10.8. The van der Waals surface area contributed by atoms with E-state index in [1.54, 1.807) is 11.3 Å². The number of rotatable bonds is 2. The predicted octanol–water partition coefficient (Wildman–Crippen LogP) is 3.26. The Bertz CT molecular complexity index is 337. The van der Waals surface area contributed by atoms with Gasteiger partial charge in [-0.3, -0.25) is 4.79 Å². The number of amides is 1. The first-order chi connectivity index (χ1) is 7.68. The Labute approximate surface area is 101 Å². The number of thiophene rings is 1. The fraction of sp³-hybridized carbons (Fsp3) is 0.615. The number of likely N-dealkylation sites (tertiary alicyclic amines) is 1. The van der Waals surface area contributed by atoms with Gasteiger partial charge in [0, 0.05) is 18.5 Å². The number of piperidine rings is 1. The first-order valence-corrected chi connectivity index (χ1v) is 6.94. The number of nitrogens with zero attached hydrogens (tertiary/aromatic N) is 1. The minimum absolute atomic E-state index is 0.212. The second-order valence-electron chi connectivity index (χ2n) is 4.89. The summed E-state index contributed by atoms with van der Waals surface area (Å²) in [5.41, 5.74) is 0.855. The molecule has 0 bridgehead atoms. The molecule has 0 aromatic carbocycles. The smallest absolute Gasteiger partial charge is 0.254 e. The number of carbonyl (C=O) groups is 1. The van der Waals surface area contributed by atoms with Gasteiger partial charge in [0.15, 0.2) is 0 Å². The highest BCUT2D eigenvalue weighted by molar-refractivity contribution is 7.08. The van der Waals surface area contributed by atoms with Gasteiger partial charge in [0.25, 0.3) is 5.91 Å². The first-order valence-electron chi connectivity index (χ1n) is 6.00. The zero-order valence-electron chi connectivity index (χ0n) is 9.98. The molecule has 0 unspecified atom stereocenters. The molecular weight excluding hydrogens is 218 g/mol. The Morgan fingerprint density at radius 1 is 1.44 bits per heavy atom. The van der Waals surface area contributed by atoms with E-state index in [-0.39, 0.29) is 5.91 Å². The van der Waals surface area contributed by atoms with Gasteiger partial charge in [-0.15, -0.1) is 0 Å². The van der Waals surface area contributed by atoms with Crippen molar-refractivity contribution in [1.82, 2.24) is 4.90 Å². The van der Waals surface area contributed by atoms with Gasteiger partial charge in [0.2, 0.25) is 0 Å². The summed E-state index contributed by atoms with van der Waals surface area (Å²) in [5.74, 6) is 1.76. The molecule has 0 saturated carbocycles. The molecule has 1 aromatic heterocycles. The van der Waals surface area contributed by atoms with Gasteiger partial charge in [0.05, 0.1) is 5.56 Å². The van der Waals surface area contributed by atoms with Gasteiger partial charge in [0.1, 0.15) is 0 Å². The van der Waals surface area contributed by atoms with Crippen molar-refractivity contribution in [2.45, 2.75) is 26.7 Å². The zero-order chi connectivity index (χ0) is 11.5. The third-order valence-corrected chi connectivity index (χ3v) is 4.22. The molecule has 2 heterocycles. The van der Waals surface area contributed by atoms with E-state index in [1.807, 2.05) is 21.7 Å². The molecule has 1 saturated heterocycles. The van der Waals surface area contributed by atoms with Crippen molar-refractivity contribution < 1.29 is 4.79 Å². The number of hydrogen-bond donors (Lipinski definition) is 0. The minimum Gasteiger partial charge on any atom is -0.339 e. The lowest BCUT2D eigenvalue weighted by molar-refractivity contribution is 0.0668. The third-order valence-electron chi connectivity index (χ3n) is 3.54. The van der Waals surface area contributed by atoms with Crippen LogP contribution in [0.5, 0.6) is 0 Å². The summed E-state index contributed by atoms with van der Waals surface area (Å²) in [6.45, 7) is 6.41. The molecule has 1 amide bonds. The fourth-order valence-electron chi connectivity index (χ4n) is 2.34. The van der Waals surface area contributed by atoms with Crippen molar-refractivity contribution in [2.24, 2.45) is 11.8 Å². The van der Waals surface area contributed by atoms with Crippen molar-refractivity contribution in [3.63, 3.8) is 0 Å². The van der Waals surface area contributed by atoms with E-state index in [0.717, 1.165) is 43.3 Å². The van der Waals surface area contributed by atoms with Crippen LogP contribution >= 0.6 is 11.3 Å². The summed E-state index contributed by atoms with van der Waals surface area (Å²) in [4.78, 5) is 14.1. The van der Waals surface area contributed by atoms with Crippen LogP contribution in [0, 0.1) is 11.8 Å². The van der Waals surface area contributed by atoms with E-state index in [0.29, 0.717) is 0 Å². The Kier molecular flexibility index (Phi) is 3.64. The second kappa shape index (κ2) is 5.00. The normalized spacial score (nSPS) is 18.1. The summed E-state index contributed by atoms with van der Waals surface area (Å²) in [5, 5.41) is 3.91. The van der Waals surface area contributed by atoms with Crippen LogP contribution in [-0.4, -0.2) is 23.9 Å². The molecular formula is C13H19NOS. The lowest BCUT2D eigenvalue weighted by atomic mass is 9.86. The summed E-state index contributed by atoms with van der Waals surface area (Å²) < 4.78 is 0. The van der Waals surface area contributed by atoms with E-state index < -0.39 is 0 Å². The van der Waals surface area contributed by atoms with E-state index >= 15 is 0 Å². The standard InChI is InChI=1S/C13H19NOS/c1-10(2)11-3-6-14(7-4-11)13(15)12-5-8-16-9-12/h5,8-11H,3-4,6-7H2,1-2H3. The van der Waals surface area contributed by atoms with Crippen LogP contribution in [0.4, 0.5) is 0 Å². The highest BCUT2D eigenvalue weighted by atomic mass is 32.1. The SMILES string of the molecule is CC(C)C1CCN(C(=O)c2ccsc2)CC1. The van der Waals surface area contributed by atoms with Gasteiger partial charge in [-0.25, -0.2) is 0 Å². The van der Waals surface area contributed by atoms with Gasteiger partial charge in [-0.2, -0.15) is 11.3 Å². The molecule has 0 N–H and O–H groups in total. The van der Waals surface area contributed by atoms with Crippen LogP contribution in [-0.2, 0) is 0 Å². The van der Waals surface area contributed by atoms with Crippen molar-refractivity contribution in [1.29, 1.82) is 0 Å². The molecule has 3 heteroatoms. The van der Waals surface area contributed by atoms with Gasteiger partial charge < -0.3 is 4.90 Å². The van der Waals surface area contributed by atoms with E-state index in [1.165, 1.54) is 0 Å². The Hall–Kier alpha value is -0.830. The Morgan fingerprint density at radius 2 is 2.12 bits per heavy atom. The topological polar surface area (TPSA) is 20.3 Å². The quantitative estimate of drug-likeness (QED) is 0.773. The van der Waals surface area contributed by atoms with Crippen LogP contribution in [0.25, 0.3) is 0 Å². The maximum Gasteiger partial charge on any atom is 0.254 e. The summed E-state index contributed by atoms with van der Waals surface area (Å²) in [6, 6.07) is 1.92. The molecule has 16 heavy (non-hydrogen) atoms. The van der Waals surface area contributed by atoms with E-state index in [4.69, 9.17) is 0 Å². The third kappa shape index (κ3) is 2.46. The Balaban J connectivity index is 1.92. The summed E-state index contributed by atoms with van der Waals surface area (Å²) in [6.07, 6.45) is 2.32. The molecule has 0 radical (unpaired) electrons. The summed E-state index contributed by atoms with van der Waals surface area (Å²) in [7, 11) is 0. The molecule has 0 aliphatic carbocycles. The molecule has 2 rings (SSSR count). The van der Waals surface area contributed by atoms with Crippen molar-refractivity contribution >= 4 is 17.2 Å². The molecule has 88 valence electrons. The molecule has 1 aliphatic rings. The first kappa shape index (κ1) is 11.6. The van der Waals surface area contributed by atoms with Crippen LogP contribution in [0.2, 0.25) is 0 Å². The highest BCUT2D eigenvalue weighted by Gasteiger charge is 2.25. The van der Waals surface area contributed by atoms with Gasteiger partial charge in [-0.05, 0) is 36.1 Å². The van der Waals surface area contributed by atoms with Crippen LogP contribution in [0.3, 0.4) is 0 Å². The lowest BCUT2D eigenvalue weighted by Crippen LogP contribution is -2.39. The van der Waals surface area contributed by atoms with Crippen LogP contribution in [0.1, 0.15) is 37.0 Å². The molecule has 0 atom stereocenters. The van der Waals surface area contributed by atoms with E-state index in [9.17, 15) is 4.79 Å². The fourth-order valence-corrected chi connectivity index (χ4v) is 2.97. The van der Waals surface area contributed by atoms with Gasteiger partial charge >= 0.3 is 0 Å². The minimum atomic E-state index is 0.212. The van der Waals surface area contributed by atoms with Crippen molar-refractivity contribution in [3.05, 3.63) is 22.4 Å². The number of hydrogen-bond acceptors (Lipinski definition) is 2. The van der Waals surface area contributed by atoms with Crippen molar-refractivity contribution in [3.8, 4) is 0 Å². The monoisotopic (exact) mass is 237 g/mol. The molecule has 1 aliphatic heterocycles. The Morgan fingerprint density at radius 3 is 2.62 bits per heavy atom. The predicted molar refractivity (Wildman–Crippen MR) is 67.8 cm³/mol. The van der Waals surface area contributed by atoms with Gasteiger partial charge in [-0.1, -0.05) is 13.8 Å². The average Bonchev–Trinajstić information content (AvgIpc) is 2.81. The number of carbonyl (C=O) groups excluding carboxylic acids is 1. The molecule has 2 nitrogen and oxygen atoms in total. The summed E-state index contributed by atoms with van der Waals surface area (Å²) >= 11 is 1.59. The largest absolute Gasteiger partial charge is 0.339 e. The highest BCUT2D eigenvalue weighted by Crippen LogP contribution is 2.25. The molecule has 0 spiro atoms. The lowest BCUT2D eigenvalue weighted by Gasteiger charge is -2.33. The molecule has 1 aromatic rings. The van der Waals surface area contributed by atoms with Crippen LogP contribution in [0.15, 0.2) is 16.8 Å². The maximum absolute atomic E-state index is 12.1. The molecule has 1 fully saturated rings. The van der Waals surface area contributed by atoms with E-state index in [2.05, 4.69) is 13.8 Å². The van der Waals surface area contributed by atoms with Crippen LogP contribution < -0.4 is 0 Å². The maximum atomic E-state index is 12.1. The van der Waals surface area contributed by atoms with Crippen molar-refractivity contribution in [2.75, 3.05) is 13.1 Å². The second-order valence-corrected chi connectivity index (χ2v) is 5.67. The average molecular weight is 237 g/mol.